The van der Waals surface area contributed by atoms with E-state index >= 15 is 0 Å². The van der Waals surface area contributed by atoms with Crippen LogP contribution in [0.4, 0.5) is 0 Å². The standard InChI is InChI=1S/C18H26Cl2N2O2/c1-5-6-9-22(4)18(24)16(10-12(2)3)21-17(23)14-8-7-13(19)11-15(14)20/h7-8,11-12,16H,5-6,9-10H2,1-4H3,(H,21,23). The Kier molecular flexibility index (Phi) is 8.57. The van der Waals surface area contributed by atoms with Gasteiger partial charge in [0.05, 0.1) is 10.6 Å². The lowest BCUT2D eigenvalue weighted by Gasteiger charge is -2.26. The largest absolute Gasteiger partial charge is 0.344 e. The van der Waals surface area contributed by atoms with Crippen LogP contribution in [-0.4, -0.2) is 36.3 Å². The van der Waals surface area contributed by atoms with E-state index in [1.807, 2.05) is 13.8 Å². The molecule has 1 atom stereocenters. The highest BCUT2D eigenvalue weighted by Gasteiger charge is 2.25. The van der Waals surface area contributed by atoms with E-state index in [-0.39, 0.29) is 22.8 Å². The van der Waals surface area contributed by atoms with Crippen LogP contribution >= 0.6 is 23.2 Å². The van der Waals surface area contributed by atoms with Crippen LogP contribution < -0.4 is 5.32 Å². The minimum atomic E-state index is -0.564. The van der Waals surface area contributed by atoms with Crippen LogP contribution in [0.1, 0.15) is 50.4 Å². The van der Waals surface area contributed by atoms with Crippen LogP contribution in [0.25, 0.3) is 0 Å². The molecule has 1 aromatic carbocycles. The second kappa shape index (κ2) is 9.90. The van der Waals surface area contributed by atoms with Gasteiger partial charge in [0.25, 0.3) is 5.91 Å². The molecule has 1 rings (SSSR count). The van der Waals surface area contributed by atoms with Crippen molar-refractivity contribution in [3.8, 4) is 0 Å². The normalized spacial score (nSPS) is 12.1. The first-order valence-corrected chi connectivity index (χ1v) is 9.02. The average Bonchev–Trinajstić information content (AvgIpc) is 2.50. The molecule has 24 heavy (non-hydrogen) atoms. The number of halogens is 2. The Bertz CT molecular complexity index is 576. The van der Waals surface area contributed by atoms with Gasteiger partial charge < -0.3 is 10.2 Å². The van der Waals surface area contributed by atoms with Gasteiger partial charge in [0.2, 0.25) is 5.91 Å². The van der Waals surface area contributed by atoms with Crippen molar-refractivity contribution in [1.29, 1.82) is 0 Å². The molecule has 134 valence electrons. The number of hydrogen-bond donors (Lipinski definition) is 1. The van der Waals surface area contributed by atoms with Crippen molar-refractivity contribution in [3.05, 3.63) is 33.8 Å². The third kappa shape index (κ3) is 6.33. The first-order valence-electron chi connectivity index (χ1n) is 8.27. The zero-order chi connectivity index (χ0) is 18.3. The maximum Gasteiger partial charge on any atom is 0.253 e. The second-order valence-electron chi connectivity index (χ2n) is 6.39. The molecule has 1 N–H and O–H groups in total. The number of carbonyl (C=O) groups excluding carboxylic acids is 2. The highest BCUT2D eigenvalue weighted by molar-refractivity contribution is 6.36. The molecule has 1 aromatic rings. The number of carbonyl (C=O) groups is 2. The SMILES string of the molecule is CCCCN(C)C(=O)C(CC(C)C)NC(=O)c1ccc(Cl)cc1Cl. The summed E-state index contributed by atoms with van der Waals surface area (Å²) in [4.78, 5) is 26.8. The van der Waals surface area contributed by atoms with Gasteiger partial charge in [-0.25, -0.2) is 0 Å². The fourth-order valence-electron chi connectivity index (χ4n) is 2.37. The Hall–Kier alpha value is -1.26. The number of unbranched alkanes of at least 4 members (excludes halogenated alkanes) is 1. The lowest BCUT2D eigenvalue weighted by molar-refractivity contribution is -0.132. The average molecular weight is 373 g/mol. The molecule has 0 aliphatic carbocycles. The summed E-state index contributed by atoms with van der Waals surface area (Å²) in [7, 11) is 1.77. The maximum absolute atomic E-state index is 12.6. The van der Waals surface area contributed by atoms with Crippen molar-refractivity contribution in [1.82, 2.24) is 10.2 Å². The molecular formula is C18H26Cl2N2O2. The molecule has 1 unspecified atom stereocenters. The first kappa shape index (κ1) is 20.8. The van der Waals surface area contributed by atoms with Gasteiger partial charge in [-0.05, 0) is 37.0 Å². The van der Waals surface area contributed by atoms with Gasteiger partial charge in [-0.3, -0.25) is 9.59 Å². The van der Waals surface area contributed by atoms with E-state index in [2.05, 4.69) is 12.2 Å². The zero-order valence-corrected chi connectivity index (χ0v) is 16.2. The van der Waals surface area contributed by atoms with Crippen molar-refractivity contribution >= 4 is 35.0 Å². The molecule has 0 saturated heterocycles. The number of likely N-dealkylation sites (N-methyl/N-ethyl adjacent to an activating group) is 1. The fraction of sp³-hybridized carbons (Fsp3) is 0.556. The number of nitrogens with zero attached hydrogens (tertiary/aromatic N) is 1. The molecule has 0 spiro atoms. The molecule has 0 fully saturated rings. The highest BCUT2D eigenvalue weighted by Crippen LogP contribution is 2.21. The van der Waals surface area contributed by atoms with Crippen molar-refractivity contribution in [2.45, 2.75) is 46.1 Å². The lowest BCUT2D eigenvalue weighted by atomic mass is 10.0. The molecule has 0 radical (unpaired) electrons. The van der Waals surface area contributed by atoms with Gasteiger partial charge in [0.15, 0.2) is 0 Å². The van der Waals surface area contributed by atoms with Crippen molar-refractivity contribution < 1.29 is 9.59 Å². The number of benzene rings is 1. The van der Waals surface area contributed by atoms with Crippen LogP contribution in [0, 0.1) is 5.92 Å². The lowest BCUT2D eigenvalue weighted by Crippen LogP contribution is -2.48. The van der Waals surface area contributed by atoms with Crippen LogP contribution in [0.3, 0.4) is 0 Å². The summed E-state index contributed by atoms with van der Waals surface area (Å²) >= 11 is 11.9. The Morgan fingerprint density at radius 2 is 1.92 bits per heavy atom. The molecule has 2 amide bonds. The number of amides is 2. The van der Waals surface area contributed by atoms with Gasteiger partial charge in [-0.1, -0.05) is 50.4 Å². The summed E-state index contributed by atoms with van der Waals surface area (Å²) in [6.07, 6.45) is 2.53. The van der Waals surface area contributed by atoms with E-state index in [9.17, 15) is 9.59 Å². The van der Waals surface area contributed by atoms with Crippen molar-refractivity contribution in [2.75, 3.05) is 13.6 Å². The third-order valence-corrected chi connectivity index (χ3v) is 4.26. The Morgan fingerprint density at radius 1 is 1.25 bits per heavy atom. The third-order valence-electron chi connectivity index (χ3n) is 3.71. The van der Waals surface area contributed by atoms with E-state index in [1.54, 1.807) is 24.1 Å². The molecule has 0 aromatic heterocycles. The van der Waals surface area contributed by atoms with Crippen LogP contribution in [0.15, 0.2) is 18.2 Å². The maximum atomic E-state index is 12.6. The topological polar surface area (TPSA) is 49.4 Å². The Balaban J connectivity index is 2.88. The van der Waals surface area contributed by atoms with E-state index in [0.717, 1.165) is 12.8 Å². The zero-order valence-electron chi connectivity index (χ0n) is 14.7. The fourth-order valence-corrected chi connectivity index (χ4v) is 2.87. The van der Waals surface area contributed by atoms with Gasteiger partial charge in [0, 0.05) is 18.6 Å². The summed E-state index contributed by atoms with van der Waals surface area (Å²) in [5, 5.41) is 3.56. The first-order chi connectivity index (χ1) is 11.3. The van der Waals surface area contributed by atoms with E-state index in [4.69, 9.17) is 23.2 Å². The molecule has 6 heteroatoms. The van der Waals surface area contributed by atoms with E-state index in [0.29, 0.717) is 23.6 Å². The quantitative estimate of drug-likeness (QED) is 0.735. The number of hydrogen-bond acceptors (Lipinski definition) is 2. The van der Waals surface area contributed by atoms with Crippen molar-refractivity contribution in [3.63, 3.8) is 0 Å². The summed E-state index contributed by atoms with van der Waals surface area (Å²) in [5.41, 5.74) is 0.318. The number of nitrogens with one attached hydrogen (secondary N) is 1. The van der Waals surface area contributed by atoms with Gasteiger partial charge in [-0.15, -0.1) is 0 Å². The minimum absolute atomic E-state index is 0.0735. The smallest absolute Gasteiger partial charge is 0.253 e. The second-order valence-corrected chi connectivity index (χ2v) is 7.24. The summed E-state index contributed by atoms with van der Waals surface area (Å²) in [5.74, 6) is -0.158. The summed E-state index contributed by atoms with van der Waals surface area (Å²) < 4.78 is 0. The van der Waals surface area contributed by atoms with Crippen molar-refractivity contribution in [2.24, 2.45) is 5.92 Å². The molecule has 0 heterocycles. The van der Waals surface area contributed by atoms with Gasteiger partial charge in [0.1, 0.15) is 6.04 Å². The molecule has 0 saturated carbocycles. The van der Waals surface area contributed by atoms with Crippen LogP contribution in [0.2, 0.25) is 10.0 Å². The highest BCUT2D eigenvalue weighted by atomic mass is 35.5. The Morgan fingerprint density at radius 3 is 2.46 bits per heavy atom. The minimum Gasteiger partial charge on any atom is -0.344 e. The summed E-state index contributed by atoms with van der Waals surface area (Å²) in [6.45, 7) is 6.80. The summed E-state index contributed by atoms with van der Waals surface area (Å²) in [6, 6.07) is 4.13. The van der Waals surface area contributed by atoms with E-state index < -0.39 is 6.04 Å². The van der Waals surface area contributed by atoms with Gasteiger partial charge in [-0.2, -0.15) is 0 Å². The molecule has 0 aliphatic heterocycles. The van der Waals surface area contributed by atoms with E-state index in [1.165, 1.54) is 6.07 Å². The monoisotopic (exact) mass is 372 g/mol. The predicted molar refractivity (Wildman–Crippen MR) is 99.7 cm³/mol. The molecule has 0 bridgehead atoms. The number of rotatable bonds is 8. The molecule has 4 nitrogen and oxygen atoms in total. The molecule has 0 aliphatic rings. The van der Waals surface area contributed by atoms with Crippen LogP contribution in [0.5, 0.6) is 0 Å². The Labute approximate surface area is 154 Å². The van der Waals surface area contributed by atoms with Crippen LogP contribution in [-0.2, 0) is 4.79 Å². The predicted octanol–water partition coefficient (Wildman–Crippen LogP) is 4.40. The molecular weight excluding hydrogens is 347 g/mol. The van der Waals surface area contributed by atoms with Gasteiger partial charge >= 0.3 is 0 Å².